The molecule has 5 unspecified atom stereocenters. The van der Waals surface area contributed by atoms with E-state index in [1.54, 1.807) is 6.92 Å². The van der Waals surface area contributed by atoms with E-state index in [0.717, 1.165) is 17.5 Å². The van der Waals surface area contributed by atoms with Gasteiger partial charge >= 0.3 is 5.97 Å². The van der Waals surface area contributed by atoms with Crippen molar-refractivity contribution in [3.8, 4) is 0 Å². The summed E-state index contributed by atoms with van der Waals surface area (Å²) >= 11 is 0. The number of rotatable bonds is 12. The minimum Gasteiger partial charge on any atom is -0.469 e. The number of methoxy groups -OCH3 is 1. The normalized spacial score (nSPS) is 24.7. The predicted molar refractivity (Wildman–Crippen MR) is 139 cm³/mol. The molecule has 3 rings (SSSR count). The molecule has 0 radical (unpaired) electrons. The summed E-state index contributed by atoms with van der Waals surface area (Å²) in [7, 11) is 1.28. The molecule has 0 aliphatic carbocycles. The molecule has 0 saturated carbocycles. The third kappa shape index (κ3) is 6.53. The smallest absolute Gasteiger partial charge is 0.307 e. The van der Waals surface area contributed by atoms with E-state index in [0.29, 0.717) is 0 Å². The molecule has 2 aromatic carbocycles. The second-order valence-corrected chi connectivity index (χ2v) is 9.77. The maximum Gasteiger partial charge on any atom is 0.307 e. The Morgan fingerprint density at radius 1 is 1.14 bits per heavy atom. The maximum atomic E-state index is 13.7. The molecule has 1 aliphatic rings. The average Bonchev–Trinajstić information content (AvgIpc) is 3.24. The van der Waals surface area contributed by atoms with Crippen LogP contribution in [0.25, 0.3) is 0 Å². The first kappa shape index (κ1) is 28.3. The van der Waals surface area contributed by atoms with E-state index in [4.69, 9.17) is 4.74 Å². The second kappa shape index (κ2) is 12.8. The number of carbonyl (C=O) groups is 2. The van der Waals surface area contributed by atoms with Crippen LogP contribution in [0.2, 0.25) is 0 Å². The fraction of sp³-hybridized carbons (Fsp3) is 0.500. The Bertz CT molecular complexity index is 1050. The van der Waals surface area contributed by atoms with Crippen molar-refractivity contribution >= 4 is 11.9 Å². The zero-order valence-corrected chi connectivity index (χ0v) is 21.9. The zero-order valence-electron chi connectivity index (χ0n) is 21.9. The summed E-state index contributed by atoms with van der Waals surface area (Å²) in [6.45, 7) is 6.04. The highest BCUT2D eigenvalue weighted by atomic mass is 16.6. The Kier molecular flexibility index (Phi) is 9.77. The van der Waals surface area contributed by atoms with E-state index in [2.05, 4.69) is 15.4 Å². The van der Waals surface area contributed by atoms with Gasteiger partial charge in [0.25, 0.3) is 0 Å². The molecule has 1 aliphatic heterocycles. The highest BCUT2D eigenvalue weighted by Crippen LogP contribution is 2.45. The first-order chi connectivity index (χ1) is 17.7. The number of nitrogens with zero attached hydrogens (tertiary/aromatic N) is 1. The lowest BCUT2D eigenvalue weighted by atomic mass is 9.74. The Morgan fingerprint density at radius 3 is 2.32 bits per heavy atom. The molecule has 9 nitrogen and oxygen atoms in total. The summed E-state index contributed by atoms with van der Waals surface area (Å²) in [5.74, 6) is -1.71. The molecule has 9 heteroatoms. The van der Waals surface area contributed by atoms with Gasteiger partial charge in [0, 0.05) is 11.5 Å². The van der Waals surface area contributed by atoms with Crippen molar-refractivity contribution in [2.75, 3.05) is 13.7 Å². The van der Waals surface area contributed by atoms with Gasteiger partial charge in [-0.05, 0) is 24.0 Å². The van der Waals surface area contributed by atoms with Gasteiger partial charge in [0.2, 0.25) is 11.9 Å². The minimum absolute atomic E-state index is 0.00304. The number of hydrogen-bond donors (Lipinski definition) is 2. The lowest BCUT2D eigenvalue weighted by molar-refractivity contribution is -0.536. The third-order valence-corrected chi connectivity index (χ3v) is 7.39. The molecule has 6 atom stereocenters. The Morgan fingerprint density at radius 2 is 1.76 bits per heavy atom. The van der Waals surface area contributed by atoms with E-state index in [-0.39, 0.29) is 30.4 Å². The molecule has 1 saturated heterocycles. The number of nitrogens with one attached hydrogen (secondary N) is 2. The van der Waals surface area contributed by atoms with Gasteiger partial charge in [0.1, 0.15) is 11.6 Å². The van der Waals surface area contributed by atoms with Crippen molar-refractivity contribution in [1.29, 1.82) is 0 Å². The Hall–Kier alpha value is -3.30. The summed E-state index contributed by atoms with van der Waals surface area (Å²) in [6, 6.07) is 17.0. The SMILES string of the molecule is CC[C@H](C)C(OCc1ccccc1)C1C([N+](=O)[O-])C(c2ccccc2)NC1(C)C(=O)NCCC(=O)OC. The highest BCUT2D eigenvalue weighted by molar-refractivity contribution is 5.87. The second-order valence-electron chi connectivity index (χ2n) is 9.77. The molecule has 0 aromatic heterocycles. The van der Waals surface area contributed by atoms with Crippen molar-refractivity contribution < 1.29 is 24.0 Å². The lowest BCUT2D eigenvalue weighted by Crippen LogP contribution is -2.60. The topological polar surface area (TPSA) is 120 Å². The van der Waals surface area contributed by atoms with Gasteiger partial charge < -0.3 is 14.8 Å². The van der Waals surface area contributed by atoms with Crippen LogP contribution < -0.4 is 10.6 Å². The molecular formula is C28H37N3O6. The van der Waals surface area contributed by atoms with Gasteiger partial charge in [0.15, 0.2) is 0 Å². The molecule has 1 heterocycles. The van der Waals surface area contributed by atoms with Crippen molar-refractivity contribution in [2.24, 2.45) is 11.8 Å². The van der Waals surface area contributed by atoms with E-state index in [1.807, 2.05) is 74.5 Å². The summed E-state index contributed by atoms with van der Waals surface area (Å²) in [4.78, 5) is 37.6. The monoisotopic (exact) mass is 511 g/mol. The Labute approximate surface area is 218 Å². The van der Waals surface area contributed by atoms with E-state index in [9.17, 15) is 19.7 Å². The first-order valence-electron chi connectivity index (χ1n) is 12.7. The lowest BCUT2D eigenvalue weighted by Gasteiger charge is -2.37. The van der Waals surface area contributed by atoms with Gasteiger partial charge in [-0.1, -0.05) is 80.9 Å². The van der Waals surface area contributed by atoms with Crippen molar-refractivity contribution in [3.63, 3.8) is 0 Å². The summed E-state index contributed by atoms with van der Waals surface area (Å²) < 4.78 is 11.1. The molecule has 1 amide bonds. The fourth-order valence-corrected chi connectivity index (χ4v) is 5.17. The van der Waals surface area contributed by atoms with E-state index < -0.39 is 41.5 Å². The van der Waals surface area contributed by atoms with Crippen molar-refractivity contribution in [1.82, 2.24) is 10.6 Å². The van der Waals surface area contributed by atoms with Crippen LogP contribution in [-0.2, 0) is 25.7 Å². The van der Waals surface area contributed by atoms with Crippen LogP contribution in [0.1, 0.15) is 50.8 Å². The van der Waals surface area contributed by atoms with Crippen LogP contribution in [-0.4, -0.2) is 48.1 Å². The number of nitro groups is 1. The molecule has 0 bridgehead atoms. The van der Waals surface area contributed by atoms with Crippen molar-refractivity contribution in [2.45, 2.75) is 63.9 Å². The number of ether oxygens (including phenoxy) is 2. The third-order valence-electron chi connectivity index (χ3n) is 7.39. The quantitative estimate of drug-likeness (QED) is 0.253. The minimum atomic E-state index is -1.33. The van der Waals surface area contributed by atoms with Crippen LogP contribution in [0, 0.1) is 22.0 Å². The standard InChI is InChI=1S/C28H37N3O6/c1-5-19(2)26(37-18-20-12-8-6-9-13-20)23-25(31(34)35)24(21-14-10-7-11-15-21)30-28(23,3)27(33)29-17-16-22(32)36-4/h6-15,19,23-26,30H,5,16-18H2,1-4H3,(H,29,33)/t19-,23?,24?,25?,26?,28?/m0/s1. The highest BCUT2D eigenvalue weighted by Gasteiger charge is 2.64. The number of benzene rings is 2. The van der Waals surface area contributed by atoms with Gasteiger partial charge in [-0.15, -0.1) is 0 Å². The molecule has 2 aromatic rings. The molecule has 2 N–H and O–H groups in total. The summed E-state index contributed by atoms with van der Waals surface area (Å²) in [5.41, 5.74) is 0.341. The van der Waals surface area contributed by atoms with Crippen LogP contribution in [0.15, 0.2) is 60.7 Å². The van der Waals surface area contributed by atoms with Crippen LogP contribution in [0.3, 0.4) is 0 Å². The number of carbonyl (C=O) groups excluding carboxylic acids is 2. The maximum absolute atomic E-state index is 13.7. The van der Waals surface area contributed by atoms with E-state index >= 15 is 0 Å². The molecular weight excluding hydrogens is 474 g/mol. The zero-order chi connectivity index (χ0) is 27.0. The average molecular weight is 512 g/mol. The largest absolute Gasteiger partial charge is 0.469 e. The number of amides is 1. The van der Waals surface area contributed by atoms with Gasteiger partial charge in [0.05, 0.1) is 32.2 Å². The first-order valence-corrected chi connectivity index (χ1v) is 12.7. The Balaban J connectivity index is 2.02. The number of hydrogen-bond acceptors (Lipinski definition) is 7. The van der Waals surface area contributed by atoms with Gasteiger partial charge in [-0.25, -0.2) is 0 Å². The number of esters is 1. The molecule has 200 valence electrons. The molecule has 1 fully saturated rings. The van der Waals surface area contributed by atoms with Gasteiger partial charge in [-0.3, -0.25) is 25.0 Å². The molecule has 0 spiro atoms. The fourth-order valence-electron chi connectivity index (χ4n) is 5.17. The van der Waals surface area contributed by atoms with Crippen LogP contribution in [0.5, 0.6) is 0 Å². The van der Waals surface area contributed by atoms with Crippen LogP contribution in [0.4, 0.5) is 0 Å². The van der Waals surface area contributed by atoms with E-state index in [1.165, 1.54) is 7.11 Å². The van der Waals surface area contributed by atoms with Gasteiger partial charge in [-0.2, -0.15) is 0 Å². The van der Waals surface area contributed by atoms with Crippen molar-refractivity contribution in [3.05, 3.63) is 81.9 Å². The summed E-state index contributed by atoms with van der Waals surface area (Å²) in [5, 5.41) is 18.8. The van der Waals surface area contributed by atoms with Crippen LogP contribution >= 0.6 is 0 Å². The summed E-state index contributed by atoms with van der Waals surface area (Å²) in [6.07, 6.45) is 0.137. The predicted octanol–water partition coefficient (Wildman–Crippen LogP) is 3.66. The molecule has 37 heavy (non-hydrogen) atoms.